The van der Waals surface area contributed by atoms with Crippen molar-refractivity contribution in [3.8, 4) is 0 Å². The Morgan fingerprint density at radius 1 is 1.07 bits per heavy atom. The van der Waals surface area contributed by atoms with Crippen LogP contribution in [0.25, 0.3) is 0 Å². The van der Waals surface area contributed by atoms with E-state index in [2.05, 4.69) is 10.6 Å². The Morgan fingerprint density at radius 2 is 1.74 bits per heavy atom. The second kappa shape index (κ2) is 9.73. The molecular formula is C20H21ClN2O4. The monoisotopic (exact) mass is 388 g/mol. The summed E-state index contributed by atoms with van der Waals surface area (Å²) in [5.41, 5.74) is 2.15. The van der Waals surface area contributed by atoms with Gasteiger partial charge in [0.05, 0.1) is 6.42 Å². The van der Waals surface area contributed by atoms with Gasteiger partial charge in [0.1, 0.15) is 0 Å². The van der Waals surface area contributed by atoms with Gasteiger partial charge in [-0.1, -0.05) is 41.9 Å². The number of amides is 2. The van der Waals surface area contributed by atoms with E-state index in [-0.39, 0.29) is 18.9 Å². The normalized spacial score (nSPS) is 11.4. The zero-order valence-electron chi connectivity index (χ0n) is 15.1. The van der Waals surface area contributed by atoms with Crippen molar-refractivity contribution < 1.29 is 19.1 Å². The molecule has 2 aromatic rings. The fourth-order valence-corrected chi connectivity index (χ4v) is 2.54. The first-order chi connectivity index (χ1) is 12.8. The van der Waals surface area contributed by atoms with E-state index in [1.165, 1.54) is 13.8 Å². The molecule has 0 saturated carbocycles. The molecule has 142 valence electrons. The number of halogens is 1. The van der Waals surface area contributed by atoms with E-state index >= 15 is 0 Å². The van der Waals surface area contributed by atoms with Crippen molar-refractivity contribution >= 4 is 35.1 Å². The molecular weight excluding hydrogens is 368 g/mol. The lowest BCUT2D eigenvalue weighted by atomic mass is 10.1. The van der Waals surface area contributed by atoms with Crippen LogP contribution < -0.4 is 10.6 Å². The van der Waals surface area contributed by atoms with Gasteiger partial charge in [0.15, 0.2) is 6.10 Å². The molecule has 0 fully saturated rings. The first-order valence-corrected chi connectivity index (χ1v) is 8.80. The Balaban J connectivity index is 1.81. The van der Waals surface area contributed by atoms with Crippen molar-refractivity contribution in [3.05, 3.63) is 64.7 Å². The minimum Gasteiger partial charge on any atom is -0.452 e. The van der Waals surface area contributed by atoms with Crippen LogP contribution in [0.2, 0.25) is 5.02 Å². The predicted octanol–water partition coefficient (Wildman–Crippen LogP) is 3.09. The zero-order chi connectivity index (χ0) is 19.8. The third-order valence-electron chi connectivity index (χ3n) is 3.71. The maximum atomic E-state index is 12.1. The van der Waals surface area contributed by atoms with Crippen molar-refractivity contribution in [2.75, 3.05) is 5.32 Å². The Labute approximate surface area is 162 Å². The second-order valence-corrected chi connectivity index (χ2v) is 6.40. The van der Waals surface area contributed by atoms with E-state index in [0.717, 1.165) is 11.1 Å². The van der Waals surface area contributed by atoms with Gasteiger partial charge in [-0.2, -0.15) is 0 Å². The van der Waals surface area contributed by atoms with E-state index in [4.69, 9.17) is 16.3 Å². The molecule has 0 saturated heterocycles. The highest BCUT2D eigenvalue weighted by molar-refractivity contribution is 6.31. The number of ether oxygens (including phenoxy) is 1. The highest BCUT2D eigenvalue weighted by Gasteiger charge is 2.18. The van der Waals surface area contributed by atoms with E-state index in [1.807, 2.05) is 12.1 Å². The molecule has 0 unspecified atom stereocenters. The average molecular weight is 389 g/mol. The summed E-state index contributed by atoms with van der Waals surface area (Å²) in [5.74, 6) is -1.08. The number of rotatable bonds is 7. The van der Waals surface area contributed by atoms with Crippen molar-refractivity contribution in [2.45, 2.75) is 32.9 Å². The summed E-state index contributed by atoms with van der Waals surface area (Å²) in [5, 5.41) is 5.90. The lowest BCUT2D eigenvalue weighted by Gasteiger charge is -2.14. The van der Waals surface area contributed by atoms with Crippen LogP contribution in [0.5, 0.6) is 0 Å². The second-order valence-electron chi connectivity index (χ2n) is 6.00. The maximum Gasteiger partial charge on any atom is 0.311 e. The van der Waals surface area contributed by atoms with E-state index in [0.29, 0.717) is 10.7 Å². The quantitative estimate of drug-likeness (QED) is 0.714. The van der Waals surface area contributed by atoms with Gasteiger partial charge in [0.25, 0.3) is 5.91 Å². The number of nitrogens with one attached hydrogen (secondary N) is 2. The summed E-state index contributed by atoms with van der Waals surface area (Å²) in [7, 11) is 0. The van der Waals surface area contributed by atoms with Gasteiger partial charge in [-0.05, 0) is 36.2 Å². The molecule has 27 heavy (non-hydrogen) atoms. The molecule has 2 amide bonds. The van der Waals surface area contributed by atoms with Crippen molar-refractivity contribution in [3.63, 3.8) is 0 Å². The molecule has 0 bridgehead atoms. The number of benzene rings is 2. The van der Waals surface area contributed by atoms with Crippen LogP contribution >= 0.6 is 11.6 Å². The molecule has 6 nitrogen and oxygen atoms in total. The van der Waals surface area contributed by atoms with Gasteiger partial charge in [0.2, 0.25) is 5.91 Å². The highest BCUT2D eigenvalue weighted by atomic mass is 35.5. The summed E-state index contributed by atoms with van der Waals surface area (Å²) in [6, 6.07) is 14.0. The molecule has 0 aliphatic carbocycles. The Bertz CT molecular complexity index is 821. The fourth-order valence-electron chi connectivity index (χ4n) is 2.34. The van der Waals surface area contributed by atoms with Crippen LogP contribution in [0.4, 0.5) is 5.69 Å². The minimum atomic E-state index is -0.918. The third kappa shape index (κ3) is 6.75. The SMILES string of the molecule is CC(=O)Nc1ccc(CC(=O)O[C@H](C)C(=O)NCc2ccccc2Cl)cc1. The fraction of sp³-hybridized carbons (Fsp3) is 0.250. The molecule has 2 aromatic carbocycles. The Kier molecular flexibility index (Phi) is 7.37. The lowest BCUT2D eigenvalue weighted by Crippen LogP contribution is -2.35. The number of hydrogen-bond acceptors (Lipinski definition) is 4. The van der Waals surface area contributed by atoms with Gasteiger partial charge in [-0.25, -0.2) is 0 Å². The summed E-state index contributed by atoms with van der Waals surface area (Å²) in [6.07, 6.45) is -0.888. The first-order valence-electron chi connectivity index (χ1n) is 8.42. The smallest absolute Gasteiger partial charge is 0.311 e. The van der Waals surface area contributed by atoms with Crippen molar-refractivity contribution in [1.29, 1.82) is 0 Å². The van der Waals surface area contributed by atoms with E-state index in [1.54, 1.807) is 36.4 Å². The zero-order valence-corrected chi connectivity index (χ0v) is 15.9. The van der Waals surface area contributed by atoms with Gasteiger partial charge in [-0.3, -0.25) is 14.4 Å². The molecule has 7 heteroatoms. The molecule has 2 rings (SSSR count). The van der Waals surface area contributed by atoms with Gasteiger partial charge in [0, 0.05) is 24.2 Å². The molecule has 0 radical (unpaired) electrons. The number of carbonyl (C=O) groups is 3. The van der Waals surface area contributed by atoms with E-state index in [9.17, 15) is 14.4 Å². The Hall–Kier alpha value is -2.86. The van der Waals surface area contributed by atoms with Crippen molar-refractivity contribution in [2.24, 2.45) is 0 Å². The molecule has 0 heterocycles. The van der Waals surface area contributed by atoms with Crippen LogP contribution in [0.15, 0.2) is 48.5 Å². The van der Waals surface area contributed by atoms with Crippen LogP contribution in [0, 0.1) is 0 Å². The van der Waals surface area contributed by atoms with Gasteiger partial charge >= 0.3 is 5.97 Å². The van der Waals surface area contributed by atoms with Gasteiger partial charge in [-0.15, -0.1) is 0 Å². The summed E-state index contributed by atoms with van der Waals surface area (Å²) in [4.78, 5) is 35.1. The molecule has 0 aliphatic rings. The largest absolute Gasteiger partial charge is 0.452 e. The third-order valence-corrected chi connectivity index (χ3v) is 4.08. The van der Waals surface area contributed by atoms with E-state index < -0.39 is 18.0 Å². The molecule has 1 atom stereocenters. The van der Waals surface area contributed by atoms with Crippen LogP contribution in [0.1, 0.15) is 25.0 Å². The highest BCUT2D eigenvalue weighted by Crippen LogP contribution is 2.14. The molecule has 2 N–H and O–H groups in total. The number of carbonyl (C=O) groups excluding carboxylic acids is 3. The van der Waals surface area contributed by atoms with Crippen LogP contribution in [0.3, 0.4) is 0 Å². The Morgan fingerprint density at radius 3 is 2.37 bits per heavy atom. The molecule has 0 aromatic heterocycles. The maximum absolute atomic E-state index is 12.1. The number of hydrogen-bond donors (Lipinski definition) is 2. The van der Waals surface area contributed by atoms with Crippen LogP contribution in [-0.4, -0.2) is 23.9 Å². The molecule has 0 aliphatic heterocycles. The van der Waals surface area contributed by atoms with Gasteiger partial charge < -0.3 is 15.4 Å². The van der Waals surface area contributed by atoms with Crippen molar-refractivity contribution in [1.82, 2.24) is 5.32 Å². The van der Waals surface area contributed by atoms with Crippen LogP contribution in [-0.2, 0) is 32.1 Å². The topological polar surface area (TPSA) is 84.5 Å². The summed E-state index contributed by atoms with van der Waals surface area (Å²) in [6.45, 7) is 3.19. The lowest BCUT2D eigenvalue weighted by molar-refractivity contribution is -0.154. The number of esters is 1. The summed E-state index contributed by atoms with van der Waals surface area (Å²) >= 11 is 6.04. The number of anilines is 1. The standard InChI is InChI=1S/C20H21ClN2O4/c1-13(20(26)22-12-16-5-3-4-6-18(16)21)27-19(25)11-15-7-9-17(10-8-15)23-14(2)24/h3-10,13H,11-12H2,1-2H3,(H,22,26)(H,23,24)/t13-/m1/s1. The minimum absolute atomic E-state index is 0.0302. The average Bonchev–Trinajstić information content (AvgIpc) is 2.62. The predicted molar refractivity (Wildman–Crippen MR) is 103 cm³/mol. The summed E-state index contributed by atoms with van der Waals surface area (Å²) < 4.78 is 5.18. The molecule has 0 spiro atoms. The first kappa shape index (κ1) is 20.5.